The Morgan fingerprint density at radius 3 is 1.70 bits per heavy atom. The van der Waals surface area contributed by atoms with Crippen LogP contribution in [0.4, 0.5) is 0 Å². The Kier molecular flexibility index (Phi) is 4.77. The number of aromatic nitrogens is 1. The first-order valence-corrected chi connectivity index (χ1v) is 12.5. The topological polar surface area (TPSA) is 36.7 Å². The molecule has 0 saturated carbocycles. The summed E-state index contributed by atoms with van der Waals surface area (Å²) in [6.45, 7) is 2.06. The van der Waals surface area contributed by atoms with E-state index in [0.29, 0.717) is 5.56 Å². The van der Waals surface area contributed by atoms with Crippen molar-refractivity contribution < 1.29 is 0 Å². The van der Waals surface area contributed by atoms with Crippen LogP contribution in [0.2, 0.25) is 0 Å². The lowest BCUT2D eigenvalue weighted by Crippen LogP contribution is -1.92. The van der Waals surface area contributed by atoms with Crippen LogP contribution >= 0.6 is 0 Å². The van der Waals surface area contributed by atoms with E-state index in [1.165, 1.54) is 27.1 Å². The van der Waals surface area contributed by atoms with Crippen LogP contribution in [0.5, 0.6) is 0 Å². The molecule has 0 N–H and O–H groups in total. The summed E-state index contributed by atoms with van der Waals surface area (Å²) in [4.78, 5) is 5.29. The van der Waals surface area contributed by atoms with Gasteiger partial charge in [-0.15, -0.1) is 0 Å². The second-order valence-corrected chi connectivity index (χ2v) is 9.57. The number of hydrogen-bond donors (Lipinski definition) is 0. The van der Waals surface area contributed by atoms with Crippen molar-refractivity contribution in [3.8, 4) is 28.3 Å². The SMILES string of the molecule is Cc1cc(C#N)ccc1-c1ccc(-c2c3ccc4ccccc4c3nc3c2ccc2ccccc23)cc1. The molecule has 0 amide bonds. The van der Waals surface area contributed by atoms with Crippen LogP contribution in [0.3, 0.4) is 0 Å². The third-order valence-corrected chi connectivity index (χ3v) is 7.40. The summed E-state index contributed by atoms with van der Waals surface area (Å²) in [7, 11) is 0. The Balaban J connectivity index is 1.53. The fourth-order valence-electron chi connectivity index (χ4n) is 5.60. The minimum Gasteiger partial charge on any atom is -0.246 e. The highest BCUT2D eigenvalue weighted by atomic mass is 14.7. The summed E-state index contributed by atoms with van der Waals surface area (Å²) in [5, 5.41) is 16.3. The molecule has 0 aliphatic carbocycles. The van der Waals surface area contributed by atoms with Crippen LogP contribution in [0.15, 0.2) is 115 Å². The number of hydrogen-bond acceptors (Lipinski definition) is 2. The number of pyridine rings is 1. The zero-order valence-electron chi connectivity index (χ0n) is 20.4. The molecular formula is C35H22N2. The van der Waals surface area contributed by atoms with Crippen LogP contribution in [0, 0.1) is 18.3 Å². The van der Waals surface area contributed by atoms with Crippen molar-refractivity contribution in [1.29, 1.82) is 5.26 Å². The van der Waals surface area contributed by atoms with Gasteiger partial charge in [-0.2, -0.15) is 5.26 Å². The predicted molar refractivity (Wildman–Crippen MR) is 155 cm³/mol. The van der Waals surface area contributed by atoms with E-state index >= 15 is 0 Å². The quantitative estimate of drug-likeness (QED) is 0.186. The number of aryl methyl sites for hydroxylation is 1. The number of rotatable bonds is 2. The normalized spacial score (nSPS) is 11.4. The Morgan fingerprint density at radius 1 is 0.568 bits per heavy atom. The van der Waals surface area contributed by atoms with Gasteiger partial charge in [0.05, 0.1) is 22.7 Å². The van der Waals surface area contributed by atoms with E-state index in [0.717, 1.165) is 44.1 Å². The van der Waals surface area contributed by atoms with Gasteiger partial charge in [0.25, 0.3) is 0 Å². The van der Waals surface area contributed by atoms with Crippen molar-refractivity contribution in [1.82, 2.24) is 4.98 Å². The molecule has 0 atom stereocenters. The summed E-state index contributed by atoms with van der Waals surface area (Å²) in [5.74, 6) is 0. The standard InChI is InChI=1S/C35H22N2/c1-22-20-23(21-36)10-17-28(22)26-11-13-27(14-12-26)33-31-18-15-24-6-2-4-8-29(24)34(31)37-35-30-9-5-3-7-25(30)16-19-32(33)35/h2-20H,1H3. The number of nitriles is 1. The average Bonchev–Trinajstić information content (AvgIpc) is 2.96. The largest absolute Gasteiger partial charge is 0.246 e. The van der Waals surface area contributed by atoms with Gasteiger partial charge in [0.1, 0.15) is 0 Å². The summed E-state index contributed by atoms with van der Waals surface area (Å²) >= 11 is 0. The molecule has 2 nitrogen and oxygen atoms in total. The van der Waals surface area contributed by atoms with Crippen LogP contribution in [0.25, 0.3) is 65.6 Å². The third kappa shape index (κ3) is 3.37. The lowest BCUT2D eigenvalue weighted by atomic mass is 9.91. The van der Waals surface area contributed by atoms with Gasteiger partial charge in [-0.3, -0.25) is 0 Å². The van der Waals surface area contributed by atoms with Gasteiger partial charge in [-0.1, -0.05) is 103 Å². The van der Waals surface area contributed by atoms with Crippen LogP contribution in [0.1, 0.15) is 11.1 Å². The van der Waals surface area contributed by atoms with Crippen molar-refractivity contribution >= 4 is 43.4 Å². The van der Waals surface area contributed by atoms with E-state index in [2.05, 4.69) is 110 Å². The lowest BCUT2D eigenvalue weighted by Gasteiger charge is -2.15. The first kappa shape index (κ1) is 21.3. The Morgan fingerprint density at radius 2 is 1.14 bits per heavy atom. The number of benzene rings is 6. The van der Waals surface area contributed by atoms with Crippen molar-refractivity contribution in [2.24, 2.45) is 0 Å². The predicted octanol–water partition coefficient (Wildman–Crippen LogP) is 9.21. The highest BCUT2D eigenvalue weighted by molar-refractivity contribution is 6.21. The fourth-order valence-corrected chi connectivity index (χ4v) is 5.60. The van der Waals surface area contributed by atoms with Crippen LogP contribution in [-0.2, 0) is 0 Å². The van der Waals surface area contributed by atoms with E-state index in [9.17, 15) is 5.26 Å². The summed E-state index contributed by atoms with van der Waals surface area (Å²) in [5.41, 5.74) is 8.51. The Bertz CT molecular complexity index is 1950. The lowest BCUT2D eigenvalue weighted by molar-refractivity contribution is 1.41. The van der Waals surface area contributed by atoms with Gasteiger partial charge in [-0.05, 0) is 52.1 Å². The van der Waals surface area contributed by atoms with Gasteiger partial charge in [-0.25, -0.2) is 4.98 Å². The molecule has 0 aliphatic rings. The van der Waals surface area contributed by atoms with Crippen molar-refractivity contribution in [3.05, 3.63) is 126 Å². The molecule has 0 aliphatic heterocycles. The Hall–Kier alpha value is -5.00. The Labute approximate surface area is 215 Å². The average molecular weight is 471 g/mol. The van der Waals surface area contributed by atoms with E-state index in [-0.39, 0.29) is 0 Å². The smallest absolute Gasteiger partial charge is 0.0991 e. The molecule has 1 aromatic heterocycles. The van der Waals surface area contributed by atoms with E-state index in [1.54, 1.807) is 0 Å². The molecule has 1 heterocycles. The van der Waals surface area contributed by atoms with E-state index in [4.69, 9.17) is 4.98 Å². The molecule has 0 radical (unpaired) electrons. The minimum absolute atomic E-state index is 0.687. The maximum Gasteiger partial charge on any atom is 0.0991 e. The minimum atomic E-state index is 0.687. The third-order valence-electron chi connectivity index (χ3n) is 7.40. The van der Waals surface area contributed by atoms with Gasteiger partial charge in [0, 0.05) is 27.1 Å². The van der Waals surface area contributed by atoms with Gasteiger partial charge < -0.3 is 0 Å². The highest BCUT2D eigenvalue weighted by Gasteiger charge is 2.15. The zero-order valence-corrected chi connectivity index (χ0v) is 20.4. The highest BCUT2D eigenvalue weighted by Crippen LogP contribution is 2.40. The molecule has 7 aromatic rings. The van der Waals surface area contributed by atoms with Crippen molar-refractivity contribution in [2.75, 3.05) is 0 Å². The zero-order chi connectivity index (χ0) is 24.9. The monoisotopic (exact) mass is 470 g/mol. The molecule has 0 saturated heterocycles. The maximum absolute atomic E-state index is 9.24. The molecule has 2 heteroatoms. The van der Waals surface area contributed by atoms with Crippen LogP contribution in [-0.4, -0.2) is 4.98 Å². The van der Waals surface area contributed by atoms with Crippen LogP contribution < -0.4 is 0 Å². The van der Waals surface area contributed by atoms with Gasteiger partial charge in [0.2, 0.25) is 0 Å². The van der Waals surface area contributed by atoms with E-state index < -0.39 is 0 Å². The first-order valence-electron chi connectivity index (χ1n) is 12.5. The second kappa shape index (κ2) is 8.29. The molecule has 0 unspecified atom stereocenters. The number of fused-ring (bicyclic) bond motifs is 6. The molecule has 0 spiro atoms. The van der Waals surface area contributed by atoms with E-state index in [1.807, 2.05) is 18.2 Å². The van der Waals surface area contributed by atoms with Crippen molar-refractivity contribution in [3.63, 3.8) is 0 Å². The first-order chi connectivity index (χ1) is 18.2. The molecule has 172 valence electrons. The molecule has 37 heavy (non-hydrogen) atoms. The van der Waals surface area contributed by atoms with Gasteiger partial charge in [0.15, 0.2) is 0 Å². The molecule has 0 fully saturated rings. The second-order valence-electron chi connectivity index (χ2n) is 9.57. The fraction of sp³-hybridized carbons (Fsp3) is 0.0286. The summed E-state index contributed by atoms with van der Waals surface area (Å²) in [6, 6.07) is 42.7. The molecule has 7 rings (SSSR count). The van der Waals surface area contributed by atoms with Crippen molar-refractivity contribution in [2.45, 2.75) is 6.92 Å². The molecular weight excluding hydrogens is 448 g/mol. The molecule has 6 aromatic carbocycles. The summed E-state index contributed by atoms with van der Waals surface area (Å²) < 4.78 is 0. The maximum atomic E-state index is 9.24. The van der Waals surface area contributed by atoms with Gasteiger partial charge >= 0.3 is 0 Å². The number of nitrogens with zero attached hydrogens (tertiary/aromatic N) is 2. The summed E-state index contributed by atoms with van der Waals surface area (Å²) in [6.07, 6.45) is 0. The molecule has 0 bridgehead atoms.